The van der Waals surface area contributed by atoms with Gasteiger partial charge in [0.2, 0.25) is 15.2 Å². The first-order chi connectivity index (χ1) is 11.4. The molecule has 1 heterocycles. The van der Waals surface area contributed by atoms with E-state index in [1.54, 1.807) is 12.1 Å². The molecule has 6 nitrogen and oxygen atoms in total. The van der Waals surface area contributed by atoms with Gasteiger partial charge < -0.3 is 5.32 Å². The van der Waals surface area contributed by atoms with Crippen LogP contribution in [-0.2, 0) is 10.0 Å². The first-order valence-corrected chi connectivity index (χ1v) is 10.5. The van der Waals surface area contributed by atoms with Crippen molar-refractivity contribution in [3.8, 4) is 0 Å². The zero-order valence-corrected chi connectivity index (χ0v) is 16.0. The normalized spacial score (nSPS) is 11.4. The maximum atomic E-state index is 11.2. The van der Waals surface area contributed by atoms with Crippen LogP contribution in [0.2, 0.25) is 0 Å². The molecule has 0 fully saturated rings. The van der Waals surface area contributed by atoms with Crippen LogP contribution in [0.4, 0.5) is 10.8 Å². The summed E-state index contributed by atoms with van der Waals surface area (Å²) in [5, 5.41) is 17.2. The van der Waals surface area contributed by atoms with E-state index in [-0.39, 0.29) is 4.90 Å². The minimum Gasteiger partial charge on any atom is -0.330 e. The Hall–Kier alpha value is -1.46. The van der Waals surface area contributed by atoms with Crippen LogP contribution in [0.5, 0.6) is 0 Å². The maximum Gasteiger partial charge on any atom is 0.238 e. The number of hydrogen-bond acceptors (Lipinski definition) is 7. The summed E-state index contributed by atoms with van der Waals surface area (Å²) in [6, 6.07) is 14.1. The van der Waals surface area contributed by atoms with E-state index in [4.69, 9.17) is 5.14 Å². The Labute approximate surface area is 155 Å². The lowest BCUT2D eigenvalue weighted by Gasteiger charge is -2.01. The van der Waals surface area contributed by atoms with Crippen molar-refractivity contribution in [2.24, 2.45) is 5.14 Å². The second-order valence-corrected chi connectivity index (χ2v) is 9.40. The Morgan fingerprint density at radius 1 is 1.04 bits per heavy atom. The van der Waals surface area contributed by atoms with Crippen molar-refractivity contribution in [3.05, 3.63) is 53.0 Å². The topological polar surface area (TPSA) is 98.0 Å². The van der Waals surface area contributed by atoms with Crippen LogP contribution < -0.4 is 10.5 Å². The number of nitrogens with zero attached hydrogens (tertiary/aromatic N) is 2. The third-order valence-corrected chi connectivity index (χ3v) is 6.21. The van der Waals surface area contributed by atoms with E-state index in [1.165, 1.54) is 35.2 Å². The van der Waals surface area contributed by atoms with Crippen molar-refractivity contribution < 1.29 is 8.42 Å². The summed E-state index contributed by atoms with van der Waals surface area (Å²) in [7, 11) is -3.67. The summed E-state index contributed by atoms with van der Waals surface area (Å²) in [5.74, 6) is 0. The molecule has 1 aromatic heterocycles. The third kappa shape index (κ3) is 4.54. The van der Waals surface area contributed by atoms with Gasteiger partial charge in [-0.2, -0.15) is 0 Å². The van der Waals surface area contributed by atoms with E-state index in [1.807, 2.05) is 24.3 Å². The first kappa shape index (κ1) is 17.4. The largest absolute Gasteiger partial charge is 0.330 e. The highest BCUT2D eigenvalue weighted by Gasteiger charge is 2.09. The van der Waals surface area contributed by atoms with E-state index in [0.717, 1.165) is 19.4 Å². The molecule has 0 aliphatic heterocycles. The number of rotatable bonds is 5. The molecule has 0 bridgehead atoms. The van der Waals surface area contributed by atoms with Gasteiger partial charge >= 0.3 is 0 Å². The number of nitrogens with two attached hydrogens (primary N) is 1. The summed E-state index contributed by atoms with van der Waals surface area (Å²) in [4.78, 5) is 0.940. The Balaban J connectivity index is 1.68. The molecule has 0 aliphatic rings. The van der Waals surface area contributed by atoms with Gasteiger partial charge in [-0.3, -0.25) is 0 Å². The molecule has 0 radical (unpaired) electrons. The summed E-state index contributed by atoms with van der Waals surface area (Å²) >= 11 is 6.20. The lowest BCUT2D eigenvalue weighted by Crippen LogP contribution is -2.11. The third-order valence-electron chi connectivity index (χ3n) is 2.86. The van der Waals surface area contributed by atoms with Gasteiger partial charge in [0, 0.05) is 15.1 Å². The number of halogens is 1. The van der Waals surface area contributed by atoms with Gasteiger partial charge in [0.15, 0.2) is 4.34 Å². The molecule has 0 saturated carbocycles. The molecule has 3 rings (SSSR count). The minimum atomic E-state index is -3.67. The van der Waals surface area contributed by atoms with Crippen LogP contribution in [0, 0.1) is 0 Å². The van der Waals surface area contributed by atoms with Gasteiger partial charge in [-0.05, 0) is 48.5 Å². The lowest BCUT2D eigenvalue weighted by molar-refractivity contribution is 0.597. The van der Waals surface area contributed by atoms with Gasteiger partial charge in [0.25, 0.3) is 0 Å². The molecule has 0 spiro atoms. The standard InChI is InChI=1S/C14H11BrN4O2S3/c15-9-1-3-10(4-2-9)17-13-18-19-14(23-13)22-11-5-7-12(8-6-11)24(16,20)21/h1-8H,(H,17,18)(H2,16,20,21). The van der Waals surface area contributed by atoms with E-state index in [2.05, 4.69) is 31.4 Å². The average molecular weight is 443 g/mol. The van der Waals surface area contributed by atoms with Crippen molar-refractivity contribution in [3.63, 3.8) is 0 Å². The van der Waals surface area contributed by atoms with Crippen molar-refractivity contribution in [2.45, 2.75) is 14.1 Å². The highest BCUT2D eigenvalue weighted by atomic mass is 79.9. The molecule has 3 aromatic rings. The summed E-state index contributed by atoms with van der Waals surface area (Å²) < 4.78 is 24.2. The molecule has 124 valence electrons. The molecule has 0 unspecified atom stereocenters. The van der Waals surface area contributed by atoms with Gasteiger partial charge in [0.1, 0.15) is 0 Å². The number of nitrogens with one attached hydrogen (secondary N) is 1. The molecule has 0 aliphatic carbocycles. The maximum absolute atomic E-state index is 11.2. The Kier molecular flexibility index (Phi) is 5.21. The van der Waals surface area contributed by atoms with Crippen LogP contribution in [0.3, 0.4) is 0 Å². The molecule has 0 saturated heterocycles. The second kappa shape index (κ2) is 7.19. The fourth-order valence-corrected chi connectivity index (χ4v) is 4.28. The fraction of sp³-hybridized carbons (Fsp3) is 0. The molecule has 10 heteroatoms. The average Bonchev–Trinajstić information content (AvgIpc) is 2.96. The first-order valence-electron chi connectivity index (χ1n) is 6.57. The zero-order chi connectivity index (χ0) is 17.2. The Morgan fingerprint density at radius 2 is 1.71 bits per heavy atom. The van der Waals surface area contributed by atoms with Crippen molar-refractivity contribution in [2.75, 3.05) is 5.32 Å². The Morgan fingerprint density at radius 3 is 2.33 bits per heavy atom. The highest BCUT2D eigenvalue weighted by molar-refractivity contribution is 9.10. The van der Waals surface area contributed by atoms with Gasteiger partial charge in [0.05, 0.1) is 4.90 Å². The SMILES string of the molecule is NS(=O)(=O)c1ccc(Sc2nnc(Nc3ccc(Br)cc3)s2)cc1. The van der Waals surface area contributed by atoms with Crippen LogP contribution in [0.1, 0.15) is 0 Å². The van der Waals surface area contributed by atoms with Crippen LogP contribution in [0.25, 0.3) is 0 Å². The smallest absolute Gasteiger partial charge is 0.238 e. The van der Waals surface area contributed by atoms with E-state index >= 15 is 0 Å². The molecular weight excluding hydrogens is 432 g/mol. The number of primary sulfonamides is 1. The van der Waals surface area contributed by atoms with E-state index in [0.29, 0.717) is 5.13 Å². The molecule has 2 aromatic carbocycles. The highest BCUT2D eigenvalue weighted by Crippen LogP contribution is 2.33. The van der Waals surface area contributed by atoms with Gasteiger partial charge in [-0.25, -0.2) is 13.6 Å². The number of anilines is 2. The van der Waals surface area contributed by atoms with Crippen molar-refractivity contribution in [1.82, 2.24) is 10.2 Å². The number of aromatic nitrogens is 2. The second-order valence-electron chi connectivity index (χ2n) is 4.62. The Bertz CT molecular complexity index is 941. The van der Waals surface area contributed by atoms with Gasteiger partial charge in [-0.15, -0.1) is 10.2 Å². The molecule has 24 heavy (non-hydrogen) atoms. The molecule has 0 amide bonds. The monoisotopic (exact) mass is 442 g/mol. The van der Waals surface area contributed by atoms with Gasteiger partial charge in [-0.1, -0.05) is 39.0 Å². The molecule has 3 N–H and O–H groups in total. The minimum absolute atomic E-state index is 0.0849. The van der Waals surface area contributed by atoms with Crippen LogP contribution >= 0.6 is 39.0 Å². The molecule has 0 atom stereocenters. The number of sulfonamides is 1. The van der Waals surface area contributed by atoms with E-state index < -0.39 is 10.0 Å². The molecular formula is C14H11BrN4O2S3. The summed E-state index contributed by atoms with van der Waals surface area (Å²) in [5.41, 5.74) is 0.920. The zero-order valence-electron chi connectivity index (χ0n) is 12.0. The number of benzene rings is 2. The predicted octanol–water partition coefficient (Wildman–Crippen LogP) is 3.84. The lowest BCUT2D eigenvalue weighted by atomic mass is 10.3. The summed E-state index contributed by atoms with van der Waals surface area (Å²) in [6.45, 7) is 0. The quantitative estimate of drug-likeness (QED) is 0.622. The van der Waals surface area contributed by atoms with Crippen molar-refractivity contribution in [1.29, 1.82) is 0 Å². The number of hydrogen-bond donors (Lipinski definition) is 2. The predicted molar refractivity (Wildman–Crippen MR) is 99.3 cm³/mol. The van der Waals surface area contributed by atoms with E-state index in [9.17, 15) is 8.42 Å². The van der Waals surface area contributed by atoms with Crippen LogP contribution in [0.15, 0.2) is 67.1 Å². The fourth-order valence-electron chi connectivity index (χ4n) is 1.76. The van der Waals surface area contributed by atoms with Crippen molar-refractivity contribution >= 4 is 59.9 Å². The summed E-state index contributed by atoms with van der Waals surface area (Å²) in [6.07, 6.45) is 0. The van der Waals surface area contributed by atoms with Crippen LogP contribution in [-0.4, -0.2) is 18.6 Å².